The van der Waals surface area contributed by atoms with Gasteiger partial charge >= 0.3 is 0 Å². The normalized spacial score (nSPS) is 9.35. The summed E-state index contributed by atoms with van der Waals surface area (Å²) in [5.74, 6) is 0. The Morgan fingerprint density at radius 3 is 2.76 bits per heavy atom. The number of fused-ring (bicyclic) bond motifs is 1. The van der Waals surface area contributed by atoms with Gasteiger partial charge in [0.25, 0.3) is 0 Å². The van der Waals surface area contributed by atoms with Crippen LogP contribution in [0.25, 0.3) is 17.0 Å². The van der Waals surface area contributed by atoms with Gasteiger partial charge in [-0.05, 0) is 28.1 Å². The van der Waals surface area contributed by atoms with Crippen LogP contribution in [0.4, 0.5) is 0 Å². The summed E-state index contributed by atoms with van der Waals surface area (Å²) in [6.07, 6.45) is 3.24. The Labute approximate surface area is 107 Å². The van der Waals surface area contributed by atoms with Crippen LogP contribution in [0.1, 0.15) is 5.56 Å². The van der Waals surface area contributed by atoms with E-state index in [0.717, 1.165) is 20.9 Å². The standard InChI is InChI=1S/C13H6BrN3/c14-12-5-11-3-1-2-10(13(11)17-8-12)4-9(6-15)7-16/h1-5,8H. The fourth-order valence-corrected chi connectivity index (χ4v) is 1.87. The summed E-state index contributed by atoms with van der Waals surface area (Å²) in [7, 11) is 0. The van der Waals surface area contributed by atoms with Crippen molar-refractivity contribution in [1.29, 1.82) is 10.5 Å². The van der Waals surface area contributed by atoms with E-state index in [4.69, 9.17) is 10.5 Å². The Morgan fingerprint density at radius 1 is 1.29 bits per heavy atom. The van der Waals surface area contributed by atoms with Gasteiger partial charge in [-0.15, -0.1) is 0 Å². The second-order valence-electron chi connectivity index (χ2n) is 3.35. The molecule has 2 rings (SSSR count). The van der Waals surface area contributed by atoms with Crippen LogP contribution < -0.4 is 0 Å². The largest absolute Gasteiger partial charge is 0.254 e. The Kier molecular flexibility index (Phi) is 3.18. The number of hydrogen-bond donors (Lipinski definition) is 0. The van der Waals surface area contributed by atoms with Crippen molar-refractivity contribution in [2.75, 3.05) is 0 Å². The molecule has 0 bridgehead atoms. The van der Waals surface area contributed by atoms with Crippen molar-refractivity contribution >= 4 is 32.9 Å². The lowest BCUT2D eigenvalue weighted by Gasteiger charge is -2.01. The van der Waals surface area contributed by atoms with E-state index in [0.29, 0.717) is 0 Å². The Morgan fingerprint density at radius 2 is 2.06 bits per heavy atom. The van der Waals surface area contributed by atoms with Crippen molar-refractivity contribution in [1.82, 2.24) is 4.98 Å². The fourth-order valence-electron chi connectivity index (χ4n) is 1.52. The molecule has 0 aliphatic rings. The Bertz CT molecular complexity index is 674. The number of allylic oxidation sites excluding steroid dienone is 1. The molecule has 0 spiro atoms. The topological polar surface area (TPSA) is 60.5 Å². The fraction of sp³-hybridized carbons (Fsp3) is 0. The molecule has 0 fully saturated rings. The summed E-state index contributed by atoms with van der Waals surface area (Å²) in [6, 6.07) is 11.3. The number of nitrogens with zero attached hydrogens (tertiary/aromatic N) is 3. The highest BCUT2D eigenvalue weighted by Gasteiger charge is 2.02. The van der Waals surface area contributed by atoms with Gasteiger partial charge in [0.1, 0.15) is 17.7 Å². The van der Waals surface area contributed by atoms with Crippen LogP contribution in [0.5, 0.6) is 0 Å². The molecule has 0 aliphatic heterocycles. The number of halogens is 1. The molecule has 1 heterocycles. The summed E-state index contributed by atoms with van der Waals surface area (Å²) in [4.78, 5) is 4.29. The summed E-state index contributed by atoms with van der Waals surface area (Å²) in [5.41, 5.74) is 1.62. The predicted molar refractivity (Wildman–Crippen MR) is 68.6 cm³/mol. The Balaban J connectivity index is 2.69. The van der Waals surface area contributed by atoms with Crippen LogP contribution in [-0.4, -0.2) is 4.98 Å². The molecular formula is C13H6BrN3. The van der Waals surface area contributed by atoms with E-state index in [9.17, 15) is 0 Å². The molecule has 0 amide bonds. The highest BCUT2D eigenvalue weighted by Crippen LogP contribution is 2.21. The second-order valence-corrected chi connectivity index (χ2v) is 4.27. The number of nitriles is 2. The van der Waals surface area contributed by atoms with E-state index in [1.54, 1.807) is 12.3 Å². The molecule has 0 saturated heterocycles. The average molecular weight is 284 g/mol. The maximum atomic E-state index is 8.73. The lowest BCUT2D eigenvalue weighted by atomic mass is 10.1. The zero-order chi connectivity index (χ0) is 12.3. The molecule has 0 N–H and O–H groups in total. The number of hydrogen-bond acceptors (Lipinski definition) is 3. The van der Waals surface area contributed by atoms with Crippen LogP contribution in [0.3, 0.4) is 0 Å². The molecule has 1 aromatic carbocycles. The smallest absolute Gasteiger partial charge is 0.130 e. The number of rotatable bonds is 1. The minimum atomic E-state index is 0.0715. The lowest BCUT2D eigenvalue weighted by molar-refractivity contribution is 1.38. The van der Waals surface area contributed by atoms with E-state index in [-0.39, 0.29) is 5.57 Å². The van der Waals surface area contributed by atoms with Crippen LogP contribution in [0.15, 0.2) is 40.5 Å². The van der Waals surface area contributed by atoms with Gasteiger partial charge < -0.3 is 0 Å². The van der Waals surface area contributed by atoms with E-state index in [2.05, 4.69) is 20.9 Å². The maximum absolute atomic E-state index is 8.73. The van der Waals surface area contributed by atoms with Crippen molar-refractivity contribution in [3.63, 3.8) is 0 Å². The molecular weight excluding hydrogens is 278 g/mol. The third-order valence-electron chi connectivity index (χ3n) is 2.25. The van der Waals surface area contributed by atoms with Crippen molar-refractivity contribution in [3.05, 3.63) is 46.1 Å². The van der Waals surface area contributed by atoms with Gasteiger partial charge in [-0.1, -0.05) is 18.2 Å². The zero-order valence-electron chi connectivity index (χ0n) is 8.68. The van der Waals surface area contributed by atoms with Crippen molar-refractivity contribution in [2.45, 2.75) is 0 Å². The van der Waals surface area contributed by atoms with Gasteiger partial charge in [-0.3, -0.25) is 4.98 Å². The number of aromatic nitrogens is 1. The molecule has 4 heteroatoms. The van der Waals surface area contributed by atoms with E-state index in [1.807, 2.05) is 36.4 Å². The average Bonchev–Trinajstić information content (AvgIpc) is 2.35. The van der Waals surface area contributed by atoms with Gasteiger partial charge in [-0.25, -0.2) is 0 Å². The minimum absolute atomic E-state index is 0.0715. The summed E-state index contributed by atoms with van der Waals surface area (Å²) in [6.45, 7) is 0. The first-order chi connectivity index (χ1) is 8.24. The van der Waals surface area contributed by atoms with Gasteiger partial charge in [0, 0.05) is 21.6 Å². The van der Waals surface area contributed by atoms with E-state index < -0.39 is 0 Å². The first kappa shape index (κ1) is 11.3. The first-order valence-corrected chi connectivity index (χ1v) is 5.60. The monoisotopic (exact) mass is 283 g/mol. The molecule has 1 aromatic heterocycles. The number of benzene rings is 1. The highest BCUT2D eigenvalue weighted by atomic mass is 79.9. The van der Waals surface area contributed by atoms with Gasteiger partial charge in [0.15, 0.2) is 0 Å². The third kappa shape index (κ3) is 2.33. The third-order valence-corrected chi connectivity index (χ3v) is 2.68. The van der Waals surface area contributed by atoms with Crippen molar-refractivity contribution < 1.29 is 0 Å². The first-order valence-electron chi connectivity index (χ1n) is 4.81. The van der Waals surface area contributed by atoms with Gasteiger partial charge in [0.2, 0.25) is 0 Å². The molecule has 80 valence electrons. The number of pyridine rings is 1. The molecule has 0 aliphatic carbocycles. The minimum Gasteiger partial charge on any atom is -0.254 e. The molecule has 2 aromatic rings. The quantitative estimate of drug-likeness (QED) is 0.754. The summed E-state index contributed by atoms with van der Waals surface area (Å²) < 4.78 is 0.895. The van der Waals surface area contributed by atoms with Crippen LogP contribution in [0.2, 0.25) is 0 Å². The van der Waals surface area contributed by atoms with E-state index >= 15 is 0 Å². The number of para-hydroxylation sites is 1. The van der Waals surface area contributed by atoms with Gasteiger partial charge in [-0.2, -0.15) is 10.5 Å². The molecule has 0 unspecified atom stereocenters. The van der Waals surface area contributed by atoms with E-state index in [1.165, 1.54) is 0 Å². The summed E-state index contributed by atoms with van der Waals surface area (Å²) >= 11 is 3.35. The molecule has 17 heavy (non-hydrogen) atoms. The second kappa shape index (κ2) is 4.78. The maximum Gasteiger partial charge on any atom is 0.130 e. The van der Waals surface area contributed by atoms with Crippen LogP contribution in [-0.2, 0) is 0 Å². The SMILES string of the molecule is N#CC(C#N)=Cc1cccc2cc(Br)cnc12. The highest BCUT2D eigenvalue weighted by molar-refractivity contribution is 9.10. The molecule has 0 saturated carbocycles. The van der Waals surface area contributed by atoms with Gasteiger partial charge in [0.05, 0.1) is 5.52 Å². The summed E-state index contributed by atoms with van der Waals surface area (Å²) in [5, 5.41) is 18.4. The molecule has 0 radical (unpaired) electrons. The Hall–Kier alpha value is -2.17. The predicted octanol–water partition coefficient (Wildman–Crippen LogP) is 3.43. The van der Waals surface area contributed by atoms with Crippen molar-refractivity contribution in [3.8, 4) is 12.1 Å². The lowest BCUT2D eigenvalue weighted by Crippen LogP contribution is -1.84. The molecule has 0 atom stereocenters. The zero-order valence-corrected chi connectivity index (χ0v) is 10.3. The van der Waals surface area contributed by atoms with Crippen LogP contribution in [0, 0.1) is 22.7 Å². The van der Waals surface area contributed by atoms with Crippen LogP contribution >= 0.6 is 15.9 Å². The molecule has 3 nitrogen and oxygen atoms in total. The van der Waals surface area contributed by atoms with Crippen molar-refractivity contribution in [2.24, 2.45) is 0 Å².